The van der Waals surface area contributed by atoms with Gasteiger partial charge in [0.15, 0.2) is 0 Å². The topological polar surface area (TPSA) is 12.0 Å². The van der Waals surface area contributed by atoms with Crippen molar-refractivity contribution in [3.05, 3.63) is 0 Å². The summed E-state index contributed by atoms with van der Waals surface area (Å²) in [4.78, 5) is 0. The van der Waals surface area contributed by atoms with Crippen molar-refractivity contribution in [2.75, 3.05) is 18.1 Å². The van der Waals surface area contributed by atoms with Gasteiger partial charge >= 0.3 is 0 Å². The minimum Gasteiger partial charge on any atom is -0.313 e. The van der Waals surface area contributed by atoms with Gasteiger partial charge in [-0.1, -0.05) is 27.2 Å². The number of hydrogen-bond donors (Lipinski definition) is 1. The van der Waals surface area contributed by atoms with Crippen LogP contribution in [0.2, 0.25) is 0 Å². The van der Waals surface area contributed by atoms with Crippen LogP contribution in [0.15, 0.2) is 0 Å². The van der Waals surface area contributed by atoms with Gasteiger partial charge in [-0.2, -0.15) is 11.8 Å². The number of thioether (sulfide) groups is 1. The fourth-order valence-corrected chi connectivity index (χ4v) is 2.28. The number of rotatable bonds is 8. The average molecular weight is 189 g/mol. The Hall–Kier alpha value is 0.310. The van der Waals surface area contributed by atoms with Gasteiger partial charge in [-0.25, -0.2) is 0 Å². The first-order valence-electron chi connectivity index (χ1n) is 5.16. The van der Waals surface area contributed by atoms with E-state index in [1.54, 1.807) is 0 Å². The van der Waals surface area contributed by atoms with Gasteiger partial charge in [0.1, 0.15) is 0 Å². The maximum absolute atomic E-state index is 3.52. The molecule has 0 aromatic rings. The van der Waals surface area contributed by atoms with Gasteiger partial charge < -0.3 is 5.32 Å². The predicted octanol–water partition coefficient (Wildman–Crippen LogP) is 2.91. The molecule has 1 unspecified atom stereocenters. The van der Waals surface area contributed by atoms with Crippen LogP contribution in [0.25, 0.3) is 0 Å². The molecule has 0 spiro atoms. The molecule has 0 fully saturated rings. The van der Waals surface area contributed by atoms with Gasteiger partial charge in [0, 0.05) is 11.8 Å². The summed E-state index contributed by atoms with van der Waals surface area (Å²) in [5.74, 6) is 2.60. The zero-order chi connectivity index (χ0) is 9.23. The SMILES string of the molecule is CCCSCC(CCC)NCC. The lowest BCUT2D eigenvalue weighted by atomic mass is 10.2. The minimum absolute atomic E-state index is 0.747. The Morgan fingerprint density at radius 1 is 1.17 bits per heavy atom. The molecule has 0 radical (unpaired) electrons. The highest BCUT2D eigenvalue weighted by atomic mass is 32.2. The van der Waals surface area contributed by atoms with Crippen LogP contribution >= 0.6 is 11.8 Å². The summed E-state index contributed by atoms with van der Waals surface area (Å²) in [6, 6.07) is 0.747. The van der Waals surface area contributed by atoms with Crippen molar-refractivity contribution in [3.8, 4) is 0 Å². The molecule has 0 aliphatic carbocycles. The summed E-state index contributed by atoms with van der Waals surface area (Å²) in [5, 5.41) is 3.52. The van der Waals surface area contributed by atoms with Crippen molar-refractivity contribution < 1.29 is 0 Å². The van der Waals surface area contributed by atoms with E-state index >= 15 is 0 Å². The number of nitrogens with one attached hydrogen (secondary N) is 1. The second-order valence-electron chi connectivity index (χ2n) is 3.12. The van der Waals surface area contributed by atoms with Gasteiger partial charge in [-0.05, 0) is 25.1 Å². The first kappa shape index (κ1) is 12.3. The summed E-state index contributed by atoms with van der Waals surface area (Å²) < 4.78 is 0. The van der Waals surface area contributed by atoms with Gasteiger partial charge in [-0.3, -0.25) is 0 Å². The molecule has 0 aliphatic rings. The molecular formula is C10H23NS. The van der Waals surface area contributed by atoms with E-state index in [1.807, 2.05) is 0 Å². The first-order valence-corrected chi connectivity index (χ1v) is 6.31. The third-order valence-corrected chi connectivity index (χ3v) is 3.13. The van der Waals surface area contributed by atoms with Crippen LogP contribution in [0.1, 0.15) is 40.0 Å². The molecule has 1 N–H and O–H groups in total. The third-order valence-electron chi connectivity index (χ3n) is 1.80. The Morgan fingerprint density at radius 3 is 2.42 bits per heavy atom. The highest BCUT2D eigenvalue weighted by molar-refractivity contribution is 7.99. The minimum atomic E-state index is 0.747. The Morgan fingerprint density at radius 2 is 1.92 bits per heavy atom. The summed E-state index contributed by atoms with van der Waals surface area (Å²) in [5.41, 5.74) is 0. The Balaban J connectivity index is 3.34. The standard InChI is InChI=1S/C10H23NS/c1-4-7-10(11-6-3)9-12-8-5-2/h10-11H,4-9H2,1-3H3. The Labute approximate surface area is 81.7 Å². The van der Waals surface area contributed by atoms with E-state index in [-0.39, 0.29) is 0 Å². The summed E-state index contributed by atoms with van der Waals surface area (Å²) in [7, 11) is 0. The van der Waals surface area contributed by atoms with Crippen LogP contribution < -0.4 is 5.32 Å². The van der Waals surface area contributed by atoms with Crippen molar-refractivity contribution in [2.45, 2.75) is 46.1 Å². The normalized spacial score (nSPS) is 13.2. The van der Waals surface area contributed by atoms with Crippen molar-refractivity contribution in [2.24, 2.45) is 0 Å². The number of hydrogen-bond acceptors (Lipinski definition) is 2. The smallest absolute Gasteiger partial charge is 0.0157 e. The van der Waals surface area contributed by atoms with Crippen LogP contribution in [0.5, 0.6) is 0 Å². The van der Waals surface area contributed by atoms with Gasteiger partial charge in [0.05, 0.1) is 0 Å². The van der Waals surface area contributed by atoms with Crippen molar-refractivity contribution >= 4 is 11.8 Å². The molecule has 0 aliphatic heterocycles. The molecule has 0 saturated carbocycles. The molecule has 12 heavy (non-hydrogen) atoms. The van der Waals surface area contributed by atoms with Crippen LogP contribution in [0.3, 0.4) is 0 Å². The molecule has 0 amide bonds. The second kappa shape index (κ2) is 9.40. The quantitative estimate of drug-likeness (QED) is 0.589. The van der Waals surface area contributed by atoms with E-state index in [1.165, 1.54) is 30.8 Å². The molecule has 0 saturated heterocycles. The van der Waals surface area contributed by atoms with Crippen molar-refractivity contribution in [3.63, 3.8) is 0 Å². The Kier molecular flexibility index (Phi) is 9.64. The Bertz CT molecular complexity index is 79.9. The van der Waals surface area contributed by atoms with Crippen molar-refractivity contribution in [1.82, 2.24) is 5.32 Å². The van der Waals surface area contributed by atoms with Crippen LogP contribution in [-0.2, 0) is 0 Å². The molecule has 0 bridgehead atoms. The van der Waals surface area contributed by atoms with E-state index in [4.69, 9.17) is 0 Å². The third kappa shape index (κ3) is 6.99. The van der Waals surface area contributed by atoms with E-state index < -0.39 is 0 Å². The van der Waals surface area contributed by atoms with Crippen molar-refractivity contribution in [1.29, 1.82) is 0 Å². The molecule has 74 valence electrons. The molecule has 1 nitrogen and oxygen atoms in total. The van der Waals surface area contributed by atoms with Crippen LogP contribution in [-0.4, -0.2) is 24.1 Å². The molecule has 0 aromatic carbocycles. The van der Waals surface area contributed by atoms with E-state index in [2.05, 4.69) is 37.8 Å². The summed E-state index contributed by atoms with van der Waals surface area (Å²) in [6.07, 6.45) is 3.92. The van der Waals surface area contributed by atoms with Crippen LogP contribution in [0.4, 0.5) is 0 Å². The lowest BCUT2D eigenvalue weighted by Gasteiger charge is -2.16. The van der Waals surface area contributed by atoms with E-state index in [0.29, 0.717) is 0 Å². The lowest BCUT2D eigenvalue weighted by molar-refractivity contribution is 0.531. The second-order valence-corrected chi connectivity index (χ2v) is 4.27. The maximum Gasteiger partial charge on any atom is 0.0157 e. The highest BCUT2D eigenvalue weighted by Crippen LogP contribution is 2.08. The molecule has 1 atom stereocenters. The first-order chi connectivity index (χ1) is 5.85. The lowest BCUT2D eigenvalue weighted by Crippen LogP contribution is -2.31. The molecule has 0 heterocycles. The zero-order valence-corrected chi connectivity index (χ0v) is 9.54. The highest BCUT2D eigenvalue weighted by Gasteiger charge is 2.04. The van der Waals surface area contributed by atoms with E-state index in [0.717, 1.165) is 12.6 Å². The summed E-state index contributed by atoms with van der Waals surface area (Å²) >= 11 is 2.08. The predicted molar refractivity (Wildman–Crippen MR) is 60.0 cm³/mol. The molecule has 0 aromatic heterocycles. The largest absolute Gasteiger partial charge is 0.313 e. The fraction of sp³-hybridized carbons (Fsp3) is 1.00. The monoisotopic (exact) mass is 189 g/mol. The maximum atomic E-state index is 3.52. The zero-order valence-electron chi connectivity index (χ0n) is 8.73. The van der Waals surface area contributed by atoms with Gasteiger partial charge in [-0.15, -0.1) is 0 Å². The van der Waals surface area contributed by atoms with E-state index in [9.17, 15) is 0 Å². The fourth-order valence-electron chi connectivity index (χ4n) is 1.25. The van der Waals surface area contributed by atoms with Gasteiger partial charge in [0.2, 0.25) is 0 Å². The molecule has 2 heteroatoms. The molecular weight excluding hydrogens is 166 g/mol. The average Bonchev–Trinajstić information content (AvgIpc) is 2.06. The van der Waals surface area contributed by atoms with Gasteiger partial charge in [0.25, 0.3) is 0 Å². The summed E-state index contributed by atoms with van der Waals surface area (Å²) in [6.45, 7) is 7.80. The van der Waals surface area contributed by atoms with Crippen LogP contribution in [0, 0.1) is 0 Å². The molecule has 0 rings (SSSR count).